The standard InChI is InChI=1S/C11H23N/c1-8(2)10-6-5-9(3)7-11(10)12-4/h8-12H,5-7H2,1-4H3/t9?,10-,11+/m0/s1. The van der Waals surface area contributed by atoms with Gasteiger partial charge in [-0.3, -0.25) is 0 Å². The zero-order valence-electron chi connectivity index (χ0n) is 8.93. The van der Waals surface area contributed by atoms with Gasteiger partial charge in [0.05, 0.1) is 0 Å². The van der Waals surface area contributed by atoms with Crippen molar-refractivity contribution < 1.29 is 0 Å². The minimum atomic E-state index is 0.772. The van der Waals surface area contributed by atoms with Crippen LogP contribution in [0.2, 0.25) is 0 Å². The molecule has 0 amide bonds. The Bertz CT molecular complexity index is 131. The molecule has 1 aliphatic carbocycles. The average molecular weight is 169 g/mol. The van der Waals surface area contributed by atoms with Crippen molar-refractivity contribution in [2.75, 3.05) is 7.05 Å². The van der Waals surface area contributed by atoms with Gasteiger partial charge in [-0.25, -0.2) is 0 Å². The second-order valence-corrected chi connectivity index (χ2v) is 4.72. The second kappa shape index (κ2) is 4.27. The fraction of sp³-hybridized carbons (Fsp3) is 1.00. The summed E-state index contributed by atoms with van der Waals surface area (Å²) in [6.45, 7) is 7.08. The molecule has 3 atom stereocenters. The van der Waals surface area contributed by atoms with Crippen molar-refractivity contribution in [3.63, 3.8) is 0 Å². The highest BCUT2D eigenvalue weighted by Crippen LogP contribution is 2.32. The maximum Gasteiger partial charge on any atom is 0.00973 e. The van der Waals surface area contributed by atoms with Crippen LogP contribution in [0.5, 0.6) is 0 Å². The number of hydrogen-bond donors (Lipinski definition) is 1. The second-order valence-electron chi connectivity index (χ2n) is 4.72. The fourth-order valence-electron chi connectivity index (χ4n) is 2.53. The lowest BCUT2D eigenvalue weighted by Gasteiger charge is -2.37. The molecule has 0 spiro atoms. The Hall–Kier alpha value is -0.0400. The van der Waals surface area contributed by atoms with Crippen molar-refractivity contribution >= 4 is 0 Å². The quantitative estimate of drug-likeness (QED) is 0.670. The first kappa shape index (κ1) is 10.0. The lowest BCUT2D eigenvalue weighted by atomic mass is 9.74. The molecule has 0 radical (unpaired) electrons. The van der Waals surface area contributed by atoms with Crippen LogP contribution in [0.3, 0.4) is 0 Å². The smallest absolute Gasteiger partial charge is 0.00973 e. The molecular formula is C11H23N. The molecule has 1 aliphatic rings. The van der Waals surface area contributed by atoms with E-state index in [9.17, 15) is 0 Å². The molecule has 1 nitrogen and oxygen atoms in total. The topological polar surface area (TPSA) is 12.0 Å². The zero-order chi connectivity index (χ0) is 9.14. The summed E-state index contributed by atoms with van der Waals surface area (Å²) >= 11 is 0. The van der Waals surface area contributed by atoms with Gasteiger partial charge >= 0.3 is 0 Å². The molecule has 0 aliphatic heterocycles. The molecule has 0 aromatic rings. The molecule has 12 heavy (non-hydrogen) atoms. The van der Waals surface area contributed by atoms with Gasteiger partial charge in [0.1, 0.15) is 0 Å². The molecule has 0 heterocycles. The summed E-state index contributed by atoms with van der Waals surface area (Å²) in [5.41, 5.74) is 0. The van der Waals surface area contributed by atoms with Crippen molar-refractivity contribution in [2.45, 2.75) is 46.1 Å². The van der Waals surface area contributed by atoms with E-state index in [0.29, 0.717) is 0 Å². The first-order valence-electron chi connectivity index (χ1n) is 5.32. The number of rotatable bonds is 2. The molecule has 1 N–H and O–H groups in total. The van der Waals surface area contributed by atoms with Gasteiger partial charge in [-0.15, -0.1) is 0 Å². The van der Waals surface area contributed by atoms with Gasteiger partial charge in [0.15, 0.2) is 0 Å². The van der Waals surface area contributed by atoms with Crippen LogP contribution >= 0.6 is 0 Å². The van der Waals surface area contributed by atoms with Gasteiger partial charge in [0.2, 0.25) is 0 Å². The summed E-state index contributed by atoms with van der Waals surface area (Å²) in [4.78, 5) is 0. The predicted octanol–water partition coefficient (Wildman–Crippen LogP) is 2.67. The van der Waals surface area contributed by atoms with Crippen molar-refractivity contribution in [1.29, 1.82) is 0 Å². The van der Waals surface area contributed by atoms with E-state index >= 15 is 0 Å². The van der Waals surface area contributed by atoms with E-state index in [1.165, 1.54) is 19.3 Å². The van der Waals surface area contributed by atoms with E-state index in [1.54, 1.807) is 0 Å². The van der Waals surface area contributed by atoms with Crippen LogP contribution in [0.15, 0.2) is 0 Å². The molecular weight excluding hydrogens is 146 g/mol. The van der Waals surface area contributed by atoms with Crippen LogP contribution in [-0.4, -0.2) is 13.1 Å². The van der Waals surface area contributed by atoms with Gasteiger partial charge in [-0.2, -0.15) is 0 Å². The minimum Gasteiger partial charge on any atom is -0.317 e. The van der Waals surface area contributed by atoms with Crippen LogP contribution in [0.1, 0.15) is 40.0 Å². The highest BCUT2D eigenvalue weighted by atomic mass is 14.9. The SMILES string of the molecule is CN[C@@H]1CC(C)CC[C@H]1C(C)C. The molecule has 1 unspecified atom stereocenters. The van der Waals surface area contributed by atoms with Gasteiger partial charge in [0.25, 0.3) is 0 Å². The third-order valence-corrected chi connectivity index (χ3v) is 3.39. The molecule has 1 fully saturated rings. The first-order chi connectivity index (χ1) is 5.65. The lowest BCUT2D eigenvalue weighted by Crippen LogP contribution is -2.40. The Morgan fingerprint density at radius 3 is 2.42 bits per heavy atom. The highest BCUT2D eigenvalue weighted by molar-refractivity contribution is 4.84. The summed E-state index contributed by atoms with van der Waals surface area (Å²) < 4.78 is 0. The Kier molecular flexibility index (Phi) is 3.57. The van der Waals surface area contributed by atoms with Gasteiger partial charge < -0.3 is 5.32 Å². The first-order valence-corrected chi connectivity index (χ1v) is 5.32. The van der Waals surface area contributed by atoms with Crippen LogP contribution in [0.25, 0.3) is 0 Å². The Morgan fingerprint density at radius 2 is 1.92 bits per heavy atom. The maximum atomic E-state index is 3.47. The molecule has 1 saturated carbocycles. The largest absolute Gasteiger partial charge is 0.317 e. The number of hydrogen-bond acceptors (Lipinski definition) is 1. The number of nitrogens with one attached hydrogen (secondary N) is 1. The Balaban J connectivity index is 2.50. The summed E-state index contributed by atoms with van der Waals surface area (Å²) in [7, 11) is 2.11. The normalized spacial score (nSPS) is 37.2. The fourth-order valence-corrected chi connectivity index (χ4v) is 2.53. The van der Waals surface area contributed by atoms with Crippen LogP contribution in [0, 0.1) is 17.8 Å². The zero-order valence-corrected chi connectivity index (χ0v) is 8.93. The minimum absolute atomic E-state index is 0.772. The molecule has 0 aromatic heterocycles. The molecule has 72 valence electrons. The van der Waals surface area contributed by atoms with Crippen LogP contribution in [0.4, 0.5) is 0 Å². The average Bonchev–Trinajstić information content (AvgIpc) is 2.03. The van der Waals surface area contributed by atoms with E-state index in [1.807, 2.05) is 0 Å². The summed E-state index contributed by atoms with van der Waals surface area (Å²) in [5, 5.41) is 3.47. The van der Waals surface area contributed by atoms with E-state index in [0.717, 1.165) is 23.8 Å². The van der Waals surface area contributed by atoms with Gasteiger partial charge in [0, 0.05) is 6.04 Å². The molecule has 0 bridgehead atoms. The molecule has 1 rings (SSSR count). The maximum absolute atomic E-state index is 3.47. The third kappa shape index (κ3) is 2.22. The summed E-state index contributed by atoms with van der Waals surface area (Å²) in [6.07, 6.45) is 4.23. The van der Waals surface area contributed by atoms with Crippen molar-refractivity contribution in [3.05, 3.63) is 0 Å². The Morgan fingerprint density at radius 1 is 1.25 bits per heavy atom. The molecule has 1 heteroatoms. The van der Waals surface area contributed by atoms with Crippen LogP contribution in [-0.2, 0) is 0 Å². The Labute approximate surface area is 76.9 Å². The van der Waals surface area contributed by atoms with E-state index in [4.69, 9.17) is 0 Å². The predicted molar refractivity (Wildman–Crippen MR) is 54.2 cm³/mol. The van der Waals surface area contributed by atoms with Crippen LogP contribution < -0.4 is 5.32 Å². The molecule has 0 saturated heterocycles. The van der Waals surface area contributed by atoms with Gasteiger partial charge in [-0.05, 0) is 37.6 Å². The van der Waals surface area contributed by atoms with Crippen molar-refractivity contribution in [2.24, 2.45) is 17.8 Å². The van der Waals surface area contributed by atoms with E-state index in [-0.39, 0.29) is 0 Å². The monoisotopic (exact) mass is 169 g/mol. The van der Waals surface area contributed by atoms with Gasteiger partial charge in [-0.1, -0.05) is 27.2 Å². The van der Waals surface area contributed by atoms with E-state index in [2.05, 4.69) is 33.1 Å². The lowest BCUT2D eigenvalue weighted by molar-refractivity contribution is 0.177. The summed E-state index contributed by atoms with van der Waals surface area (Å²) in [5.74, 6) is 2.68. The highest BCUT2D eigenvalue weighted by Gasteiger charge is 2.29. The summed E-state index contributed by atoms with van der Waals surface area (Å²) in [6, 6.07) is 0.772. The molecule has 0 aromatic carbocycles. The third-order valence-electron chi connectivity index (χ3n) is 3.39. The van der Waals surface area contributed by atoms with E-state index < -0.39 is 0 Å². The van der Waals surface area contributed by atoms with Crippen molar-refractivity contribution in [1.82, 2.24) is 5.32 Å². The van der Waals surface area contributed by atoms with Crippen molar-refractivity contribution in [3.8, 4) is 0 Å².